The molecule has 1 aromatic rings. The van der Waals surface area contributed by atoms with Gasteiger partial charge >= 0.3 is 5.69 Å². The third kappa shape index (κ3) is 5.99. The SMILES string of the molecule is CC1(C)CC(Nc2ncnc(NCCN3CCCCC3)c2[N+](=O)[O-])CC(C)(C)N1. The molecule has 3 rings (SSSR count). The summed E-state index contributed by atoms with van der Waals surface area (Å²) in [5, 5.41) is 22.0. The predicted molar refractivity (Wildman–Crippen MR) is 115 cm³/mol. The summed E-state index contributed by atoms with van der Waals surface area (Å²) >= 11 is 0. The van der Waals surface area contributed by atoms with E-state index in [1.165, 1.54) is 25.6 Å². The van der Waals surface area contributed by atoms with Gasteiger partial charge in [-0.25, -0.2) is 9.97 Å². The average molecular weight is 406 g/mol. The Morgan fingerprint density at radius 1 is 1.14 bits per heavy atom. The number of piperidine rings is 2. The minimum absolute atomic E-state index is 0.0588. The number of anilines is 2. The Hall–Kier alpha value is -2.00. The van der Waals surface area contributed by atoms with Gasteiger partial charge in [-0.3, -0.25) is 10.1 Å². The Morgan fingerprint density at radius 2 is 1.76 bits per heavy atom. The van der Waals surface area contributed by atoms with Gasteiger partial charge in [-0.15, -0.1) is 0 Å². The molecular weight excluding hydrogens is 370 g/mol. The van der Waals surface area contributed by atoms with E-state index in [1.54, 1.807) is 0 Å². The van der Waals surface area contributed by atoms with Crippen LogP contribution in [0, 0.1) is 10.1 Å². The molecule has 0 saturated carbocycles. The van der Waals surface area contributed by atoms with Gasteiger partial charge < -0.3 is 20.9 Å². The maximum Gasteiger partial charge on any atom is 0.353 e. The van der Waals surface area contributed by atoms with Crippen molar-refractivity contribution in [1.82, 2.24) is 20.2 Å². The van der Waals surface area contributed by atoms with Gasteiger partial charge in [-0.2, -0.15) is 0 Å². The van der Waals surface area contributed by atoms with E-state index in [2.05, 4.69) is 58.5 Å². The van der Waals surface area contributed by atoms with E-state index in [-0.39, 0.29) is 33.5 Å². The predicted octanol–water partition coefficient (Wildman–Crippen LogP) is 3.00. The standard InChI is InChI=1S/C20H35N7O2/c1-19(2)12-15(13-20(3,4)25-19)24-18-16(27(28)29)17(22-14-23-18)21-8-11-26-9-6-5-7-10-26/h14-15,25H,5-13H2,1-4H3,(H2,21,22,23,24). The second-order valence-corrected chi connectivity index (χ2v) is 9.65. The molecule has 0 bridgehead atoms. The van der Waals surface area contributed by atoms with E-state index in [0.29, 0.717) is 12.4 Å². The van der Waals surface area contributed by atoms with Gasteiger partial charge in [0.05, 0.1) is 4.92 Å². The number of hydrogen-bond acceptors (Lipinski definition) is 8. The van der Waals surface area contributed by atoms with Crippen molar-refractivity contribution in [3.05, 3.63) is 16.4 Å². The number of likely N-dealkylation sites (tertiary alicyclic amines) is 1. The third-order valence-corrected chi connectivity index (χ3v) is 5.71. The van der Waals surface area contributed by atoms with Gasteiger partial charge in [0.25, 0.3) is 0 Å². The molecule has 9 nitrogen and oxygen atoms in total. The summed E-state index contributed by atoms with van der Waals surface area (Å²) in [4.78, 5) is 22.2. The van der Waals surface area contributed by atoms with Crippen molar-refractivity contribution in [2.24, 2.45) is 0 Å². The zero-order valence-electron chi connectivity index (χ0n) is 18.1. The molecule has 29 heavy (non-hydrogen) atoms. The van der Waals surface area contributed by atoms with Gasteiger partial charge in [0.2, 0.25) is 11.6 Å². The fourth-order valence-corrected chi connectivity index (χ4v) is 4.92. The van der Waals surface area contributed by atoms with Crippen LogP contribution in [0.1, 0.15) is 59.8 Å². The summed E-state index contributed by atoms with van der Waals surface area (Å²) in [6.45, 7) is 12.3. The van der Waals surface area contributed by atoms with Crippen molar-refractivity contribution in [3.8, 4) is 0 Å². The Balaban J connectivity index is 1.70. The van der Waals surface area contributed by atoms with Crippen LogP contribution in [0.2, 0.25) is 0 Å². The lowest BCUT2D eigenvalue weighted by Gasteiger charge is -2.46. The maximum absolute atomic E-state index is 11.8. The van der Waals surface area contributed by atoms with Crippen LogP contribution in [0.25, 0.3) is 0 Å². The molecule has 0 aromatic carbocycles. The minimum Gasteiger partial charge on any atom is -0.363 e. The fourth-order valence-electron chi connectivity index (χ4n) is 4.92. The molecule has 0 amide bonds. The van der Waals surface area contributed by atoms with Gasteiger partial charge in [0.1, 0.15) is 6.33 Å². The van der Waals surface area contributed by atoms with Crippen LogP contribution in [0.5, 0.6) is 0 Å². The highest BCUT2D eigenvalue weighted by Crippen LogP contribution is 2.34. The van der Waals surface area contributed by atoms with Gasteiger partial charge in [-0.05, 0) is 66.5 Å². The van der Waals surface area contributed by atoms with Gasteiger partial charge in [-0.1, -0.05) is 6.42 Å². The number of nitrogens with zero attached hydrogens (tertiary/aromatic N) is 4. The normalized spacial score (nSPS) is 22.2. The van der Waals surface area contributed by atoms with Crippen molar-refractivity contribution in [2.75, 3.05) is 36.8 Å². The lowest BCUT2D eigenvalue weighted by Crippen LogP contribution is -2.60. The van der Waals surface area contributed by atoms with E-state index in [1.807, 2.05) is 0 Å². The molecule has 1 aromatic heterocycles. The highest BCUT2D eigenvalue weighted by Gasteiger charge is 2.38. The van der Waals surface area contributed by atoms with Crippen molar-refractivity contribution < 1.29 is 4.92 Å². The van der Waals surface area contributed by atoms with E-state index in [0.717, 1.165) is 32.5 Å². The highest BCUT2D eigenvalue weighted by molar-refractivity contribution is 5.69. The van der Waals surface area contributed by atoms with Gasteiger partial charge in [0, 0.05) is 30.2 Å². The van der Waals surface area contributed by atoms with Crippen LogP contribution in [0.4, 0.5) is 17.3 Å². The van der Waals surface area contributed by atoms with Crippen molar-refractivity contribution in [2.45, 2.75) is 76.9 Å². The first kappa shape index (κ1) is 21.7. The number of rotatable bonds is 7. The molecular formula is C20H35N7O2. The number of nitro groups is 1. The van der Waals surface area contributed by atoms with Crippen molar-refractivity contribution in [1.29, 1.82) is 0 Å². The smallest absolute Gasteiger partial charge is 0.353 e. The number of aromatic nitrogens is 2. The Bertz CT molecular complexity index is 701. The monoisotopic (exact) mass is 405 g/mol. The molecule has 3 heterocycles. The quantitative estimate of drug-likeness (QED) is 0.469. The Morgan fingerprint density at radius 3 is 2.38 bits per heavy atom. The molecule has 2 fully saturated rings. The Labute approximate surface area is 173 Å². The molecule has 0 spiro atoms. The van der Waals surface area contributed by atoms with E-state index in [4.69, 9.17) is 0 Å². The second kappa shape index (κ2) is 8.79. The van der Waals surface area contributed by atoms with Crippen LogP contribution in [0.15, 0.2) is 6.33 Å². The van der Waals surface area contributed by atoms with Crippen LogP contribution in [0.3, 0.4) is 0 Å². The summed E-state index contributed by atoms with van der Waals surface area (Å²) in [5.74, 6) is 0.584. The van der Waals surface area contributed by atoms with E-state index in [9.17, 15) is 10.1 Å². The zero-order chi connectivity index (χ0) is 21.1. The second-order valence-electron chi connectivity index (χ2n) is 9.65. The molecule has 3 N–H and O–H groups in total. The molecule has 2 aliphatic rings. The third-order valence-electron chi connectivity index (χ3n) is 5.71. The van der Waals surface area contributed by atoms with E-state index < -0.39 is 0 Å². The molecule has 9 heteroatoms. The van der Waals surface area contributed by atoms with Crippen LogP contribution in [-0.2, 0) is 0 Å². The summed E-state index contributed by atoms with van der Waals surface area (Å²) in [6.07, 6.45) is 6.86. The lowest BCUT2D eigenvalue weighted by atomic mass is 9.79. The molecule has 0 unspecified atom stereocenters. The summed E-state index contributed by atoms with van der Waals surface area (Å²) in [6, 6.07) is 0.0936. The first-order chi connectivity index (χ1) is 13.7. The molecule has 2 saturated heterocycles. The summed E-state index contributed by atoms with van der Waals surface area (Å²) < 4.78 is 0. The molecule has 0 atom stereocenters. The highest BCUT2D eigenvalue weighted by atomic mass is 16.6. The van der Waals surface area contributed by atoms with Crippen LogP contribution in [-0.4, -0.2) is 63.1 Å². The molecule has 0 aliphatic carbocycles. The Kier molecular flexibility index (Phi) is 6.58. The first-order valence-corrected chi connectivity index (χ1v) is 10.7. The number of hydrogen-bond donors (Lipinski definition) is 3. The largest absolute Gasteiger partial charge is 0.363 e. The molecule has 0 radical (unpaired) electrons. The summed E-state index contributed by atoms with van der Waals surface area (Å²) in [5.41, 5.74) is -0.187. The first-order valence-electron chi connectivity index (χ1n) is 10.7. The fraction of sp³-hybridized carbons (Fsp3) is 0.800. The average Bonchev–Trinajstić information content (AvgIpc) is 2.60. The minimum atomic E-state index is -0.386. The van der Waals surface area contributed by atoms with Crippen molar-refractivity contribution >= 4 is 17.3 Å². The number of nitrogens with one attached hydrogen (secondary N) is 3. The van der Waals surface area contributed by atoms with Gasteiger partial charge in [0.15, 0.2) is 0 Å². The van der Waals surface area contributed by atoms with Crippen LogP contribution >= 0.6 is 0 Å². The summed E-state index contributed by atoms with van der Waals surface area (Å²) in [7, 11) is 0. The lowest BCUT2D eigenvalue weighted by molar-refractivity contribution is -0.383. The van der Waals surface area contributed by atoms with Crippen molar-refractivity contribution in [3.63, 3.8) is 0 Å². The van der Waals surface area contributed by atoms with Crippen LogP contribution < -0.4 is 16.0 Å². The molecule has 162 valence electrons. The maximum atomic E-state index is 11.8. The van der Waals surface area contributed by atoms with E-state index >= 15 is 0 Å². The topological polar surface area (TPSA) is 108 Å². The zero-order valence-corrected chi connectivity index (χ0v) is 18.1. The molecule has 2 aliphatic heterocycles.